The van der Waals surface area contributed by atoms with E-state index in [9.17, 15) is 0 Å². The second kappa shape index (κ2) is 6.66. The third-order valence-corrected chi connectivity index (χ3v) is 5.88. The van der Waals surface area contributed by atoms with Crippen LogP contribution in [0.1, 0.15) is 22.2 Å². The van der Waals surface area contributed by atoms with Crippen LogP contribution in [-0.4, -0.2) is 29.5 Å². The third kappa shape index (κ3) is 3.05. The van der Waals surface area contributed by atoms with E-state index in [0.29, 0.717) is 6.54 Å². The maximum atomic E-state index is 5.36. The highest BCUT2D eigenvalue weighted by Crippen LogP contribution is 2.34. The van der Waals surface area contributed by atoms with E-state index in [1.54, 1.807) is 16.0 Å². The van der Waals surface area contributed by atoms with Gasteiger partial charge in [-0.15, -0.1) is 11.3 Å². The maximum Gasteiger partial charge on any atom is 0.141 e. The van der Waals surface area contributed by atoms with Crippen LogP contribution < -0.4 is 0 Å². The Labute approximate surface area is 171 Å². The van der Waals surface area contributed by atoms with Gasteiger partial charge in [0.15, 0.2) is 0 Å². The predicted octanol–water partition coefficient (Wildman–Crippen LogP) is 4.52. The number of rotatable bonds is 4. The summed E-state index contributed by atoms with van der Waals surface area (Å²) in [4.78, 5) is 9.46. The van der Waals surface area contributed by atoms with Crippen molar-refractivity contribution in [2.45, 2.75) is 27.3 Å². The zero-order chi connectivity index (χ0) is 20.1. The van der Waals surface area contributed by atoms with Crippen LogP contribution in [0.4, 0.5) is 0 Å². The van der Waals surface area contributed by atoms with E-state index in [1.807, 2.05) is 46.4 Å². The van der Waals surface area contributed by atoms with E-state index >= 15 is 0 Å². The van der Waals surface area contributed by atoms with Gasteiger partial charge < -0.3 is 9.09 Å². The number of thiazole rings is 1. The van der Waals surface area contributed by atoms with E-state index in [0.717, 1.165) is 55.4 Å². The molecule has 0 radical (unpaired) electrons. The van der Waals surface area contributed by atoms with Gasteiger partial charge in [0.2, 0.25) is 0 Å². The zero-order valence-corrected chi connectivity index (χ0v) is 17.5. The fraction of sp³-hybridized carbons (Fsp3) is 0.238. The number of aryl methyl sites for hydroxylation is 4. The molecule has 0 aliphatic heterocycles. The highest BCUT2D eigenvalue weighted by atomic mass is 32.1. The first-order chi connectivity index (χ1) is 14.0. The molecule has 5 aromatic rings. The van der Waals surface area contributed by atoms with Crippen molar-refractivity contribution in [1.82, 2.24) is 29.5 Å². The van der Waals surface area contributed by atoms with Crippen LogP contribution in [0.25, 0.3) is 33.3 Å². The molecule has 29 heavy (non-hydrogen) atoms. The molecule has 0 spiro atoms. The average Bonchev–Trinajstić information content (AvgIpc) is 3.45. The molecule has 0 bridgehead atoms. The van der Waals surface area contributed by atoms with Crippen LogP contribution in [0.2, 0.25) is 0 Å². The molecule has 8 heteroatoms. The Bertz CT molecular complexity index is 1320. The zero-order valence-electron chi connectivity index (χ0n) is 16.7. The van der Waals surface area contributed by atoms with E-state index in [-0.39, 0.29) is 0 Å². The Hall–Kier alpha value is -3.26. The first-order valence-electron chi connectivity index (χ1n) is 9.32. The van der Waals surface area contributed by atoms with Gasteiger partial charge in [0.05, 0.1) is 40.2 Å². The first kappa shape index (κ1) is 17.8. The van der Waals surface area contributed by atoms with Crippen LogP contribution in [0.15, 0.2) is 40.8 Å². The lowest BCUT2D eigenvalue weighted by Gasteiger charge is -2.05. The minimum absolute atomic E-state index is 0.688. The summed E-state index contributed by atoms with van der Waals surface area (Å²) in [5.41, 5.74) is 8.01. The monoisotopic (exact) mass is 404 g/mol. The standard InChI is InChI=1S/C21H20N6OS/c1-12-20(13(2)28-25-12)15-5-19-21(22-6-15)18(16-7-23-26(4)8-16)10-27(19)9-17-11-29-14(3)24-17/h5-8,10-11H,9H2,1-4H3. The van der Waals surface area contributed by atoms with Crippen LogP contribution in [0.3, 0.4) is 0 Å². The lowest BCUT2D eigenvalue weighted by Crippen LogP contribution is -1.98. The second-order valence-electron chi connectivity index (χ2n) is 7.22. The van der Waals surface area contributed by atoms with Crippen molar-refractivity contribution in [3.63, 3.8) is 0 Å². The van der Waals surface area contributed by atoms with Crippen molar-refractivity contribution in [2.24, 2.45) is 7.05 Å². The van der Waals surface area contributed by atoms with Crippen molar-refractivity contribution in [2.75, 3.05) is 0 Å². The summed E-state index contributed by atoms with van der Waals surface area (Å²) in [5, 5.41) is 11.6. The topological polar surface area (TPSA) is 74.6 Å². The number of hydrogen-bond donors (Lipinski definition) is 0. The van der Waals surface area contributed by atoms with Crippen LogP contribution in [0, 0.1) is 20.8 Å². The summed E-state index contributed by atoms with van der Waals surface area (Å²) in [5.74, 6) is 0.796. The van der Waals surface area contributed by atoms with Crippen LogP contribution in [0.5, 0.6) is 0 Å². The number of pyridine rings is 1. The summed E-state index contributed by atoms with van der Waals surface area (Å²) in [6.07, 6.45) is 7.92. The molecule has 0 atom stereocenters. The van der Waals surface area contributed by atoms with Gasteiger partial charge >= 0.3 is 0 Å². The van der Waals surface area contributed by atoms with Gasteiger partial charge in [0.1, 0.15) is 5.76 Å². The molecule has 0 unspecified atom stereocenters. The summed E-state index contributed by atoms with van der Waals surface area (Å²) >= 11 is 1.67. The van der Waals surface area contributed by atoms with Gasteiger partial charge in [-0.25, -0.2) is 4.98 Å². The van der Waals surface area contributed by atoms with Crippen LogP contribution >= 0.6 is 11.3 Å². The number of nitrogens with zero attached hydrogens (tertiary/aromatic N) is 6. The summed E-state index contributed by atoms with van der Waals surface area (Å²) < 4.78 is 9.38. The summed E-state index contributed by atoms with van der Waals surface area (Å²) in [6.45, 7) is 6.60. The molecule has 5 aromatic heterocycles. The molecule has 0 saturated heterocycles. The number of hydrogen-bond acceptors (Lipinski definition) is 6. The highest BCUT2D eigenvalue weighted by Gasteiger charge is 2.18. The number of aromatic nitrogens is 6. The largest absolute Gasteiger partial charge is 0.361 e. The SMILES string of the molecule is Cc1nc(Cn2cc(-c3cnn(C)c3)c3ncc(-c4c(C)noc4C)cc32)cs1. The van der Waals surface area contributed by atoms with Gasteiger partial charge in [-0.3, -0.25) is 9.67 Å². The minimum atomic E-state index is 0.688. The third-order valence-electron chi connectivity index (χ3n) is 5.05. The molecule has 0 aliphatic carbocycles. The lowest BCUT2D eigenvalue weighted by molar-refractivity contribution is 0.393. The van der Waals surface area contributed by atoms with E-state index in [4.69, 9.17) is 9.51 Å². The second-order valence-corrected chi connectivity index (χ2v) is 8.28. The molecular weight excluding hydrogens is 384 g/mol. The summed E-state index contributed by atoms with van der Waals surface area (Å²) in [7, 11) is 1.92. The lowest BCUT2D eigenvalue weighted by atomic mass is 10.1. The maximum absolute atomic E-state index is 5.36. The fourth-order valence-corrected chi connectivity index (χ4v) is 4.36. The molecule has 5 heterocycles. The van der Waals surface area contributed by atoms with Gasteiger partial charge in [-0.1, -0.05) is 5.16 Å². The van der Waals surface area contributed by atoms with E-state index in [1.165, 1.54) is 0 Å². The predicted molar refractivity (Wildman–Crippen MR) is 113 cm³/mol. The van der Waals surface area contributed by atoms with Gasteiger partial charge in [-0.2, -0.15) is 5.10 Å². The first-order valence-corrected chi connectivity index (χ1v) is 10.2. The van der Waals surface area contributed by atoms with Crippen LogP contribution in [-0.2, 0) is 13.6 Å². The Balaban J connectivity index is 1.71. The average molecular weight is 404 g/mol. The molecule has 7 nitrogen and oxygen atoms in total. The summed E-state index contributed by atoms with van der Waals surface area (Å²) in [6, 6.07) is 2.16. The van der Waals surface area contributed by atoms with Crippen molar-refractivity contribution >= 4 is 22.4 Å². The Morgan fingerprint density at radius 3 is 2.62 bits per heavy atom. The molecule has 0 amide bonds. The fourth-order valence-electron chi connectivity index (χ4n) is 3.76. The normalized spacial score (nSPS) is 11.6. The molecule has 0 saturated carbocycles. The molecule has 0 aliphatic rings. The molecule has 146 valence electrons. The van der Waals surface area contributed by atoms with E-state index < -0.39 is 0 Å². The van der Waals surface area contributed by atoms with Gasteiger partial charge in [-0.05, 0) is 26.8 Å². The smallest absolute Gasteiger partial charge is 0.141 e. The highest BCUT2D eigenvalue weighted by molar-refractivity contribution is 7.09. The van der Waals surface area contributed by atoms with Crippen molar-refractivity contribution in [3.05, 3.63) is 58.4 Å². The minimum Gasteiger partial charge on any atom is -0.361 e. The molecular formula is C21H20N6OS. The molecule has 0 fully saturated rings. The number of fused-ring (bicyclic) bond motifs is 1. The van der Waals surface area contributed by atoms with Crippen molar-refractivity contribution < 1.29 is 4.52 Å². The Kier molecular flexibility index (Phi) is 4.09. The van der Waals surface area contributed by atoms with Crippen molar-refractivity contribution in [1.29, 1.82) is 0 Å². The van der Waals surface area contributed by atoms with Crippen molar-refractivity contribution in [3.8, 4) is 22.3 Å². The van der Waals surface area contributed by atoms with E-state index in [2.05, 4.69) is 37.4 Å². The Morgan fingerprint density at radius 2 is 1.97 bits per heavy atom. The molecule has 0 N–H and O–H groups in total. The Morgan fingerprint density at radius 1 is 1.10 bits per heavy atom. The van der Waals surface area contributed by atoms with Gasteiger partial charge in [0.25, 0.3) is 0 Å². The van der Waals surface area contributed by atoms with Gasteiger partial charge in [0, 0.05) is 53.3 Å². The molecule has 5 rings (SSSR count). The quantitative estimate of drug-likeness (QED) is 0.440. The molecule has 0 aromatic carbocycles.